The zero-order valence-corrected chi connectivity index (χ0v) is 15.4. The topological polar surface area (TPSA) is 68.7 Å². The van der Waals surface area contributed by atoms with Crippen LogP contribution in [-0.2, 0) is 17.8 Å². The molecule has 3 atom stereocenters. The molecule has 1 N–H and O–H groups in total. The summed E-state index contributed by atoms with van der Waals surface area (Å²) < 4.78 is 25.6. The average molecular weight is 391 g/mol. The summed E-state index contributed by atoms with van der Waals surface area (Å²) in [6.45, 7) is 0.0220. The normalized spacial score (nSPS) is 21.2. The van der Waals surface area contributed by atoms with Crippen molar-refractivity contribution in [2.45, 2.75) is 18.9 Å². The summed E-state index contributed by atoms with van der Waals surface area (Å²) in [4.78, 5) is 15.5. The Balaban J connectivity index is 1.27. The van der Waals surface area contributed by atoms with E-state index in [0.717, 1.165) is 17.5 Å². The molecule has 3 aromatic rings. The summed E-state index contributed by atoms with van der Waals surface area (Å²) in [5, 5.41) is 9.20. The van der Waals surface area contributed by atoms with E-state index in [9.17, 15) is 14.3 Å². The Hall–Kier alpha value is -3.41. The molecule has 5 nitrogen and oxygen atoms in total. The van der Waals surface area contributed by atoms with E-state index in [0.29, 0.717) is 22.9 Å². The van der Waals surface area contributed by atoms with Gasteiger partial charge in [-0.15, -0.1) is 0 Å². The van der Waals surface area contributed by atoms with Crippen LogP contribution in [-0.4, -0.2) is 16.1 Å². The van der Waals surface area contributed by atoms with Gasteiger partial charge in [0.1, 0.15) is 23.9 Å². The van der Waals surface area contributed by atoms with Gasteiger partial charge in [0.15, 0.2) is 0 Å². The Labute approximate surface area is 166 Å². The molecule has 2 aliphatic rings. The van der Waals surface area contributed by atoms with Crippen molar-refractivity contribution in [3.63, 3.8) is 0 Å². The number of aromatic nitrogens is 1. The lowest BCUT2D eigenvalue weighted by Crippen LogP contribution is -2.06. The monoisotopic (exact) mass is 391 g/mol. The highest BCUT2D eigenvalue weighted by Gasteiger charge is 2.59. The fraction of sp³-hybridized carbons (Fsp3) is 0.217. The van der Waals surface area contributed by atoms with E-state index in [2.05, 4.69) is 4.98 Å². The highest BCUT2D eigenvalue weighted by atomic mass is 19.1. The van der Waals surface area contributed by atoms with Crippen molar-refractivity contribution >= 4 is 5.97 Å². The molecular weight excluding hydrogens is 373 g/mol. The molecule has 3 unspecified atom stereocenters. The lowest BCUT2D eigenvalue weighted by atomic mass is 10.0. The lowest BCUT2D eigenvalue weighted by Gasteiger charge is -2.11. The molecule has 1 fully saturated rings. The number of carboxylic acid groups (broad SMARTS) is 1. The van der Waals surface area contributed by atoms with E-state index in [1.54, 1.807) is 18.3 Å². The Morgan fingerprint density at radius 2 is 1.97 bits per heavy atom. The van der Waals surface area contributed by atoms with Crippen molar-refractivity contribution in [2.24, 2.45) is 11.8 Å². The summed E-state index contributed by atoms with van der Waals surface area (Å²) in [5.74, 6) is 0.457. The number of pyridine rings is 1. The number of para-hydroxylation sites is 1. The summed E-state index contributed by atoms with van der Waals surface area (Å²) >= 11 is 0. The van der Waals surface area contributed by atoms with Crippen LogP contribution in [0.25, 0.3) is 0 Å². The number of fused-ring (bicyclic) bond motifs is 3. The van der Waals surface area contributed by atoms with Gasteiger partial charge in [0.25, 0.3) is 0 Å². The number of aliphatic carboxylic acids is 1. The maximum absolute atomic E-state index is 14.2. The number of carboxylic acids is 1. The molecule has 29 heavy (non-hydrogen) atoms. The van der Waals surface area contributed by atoms with Gasteiger partial charge in [0, 0.05) is 23.7 Å². The second-order valence-corrected chi connectivity index (χ2v) is 7.44. The van der Waals surface area contributed by atoms with Crippen LogP contribution >= 0.6 is 0 Å². The van der Waals surface area contributed by atoms with Crippen LogP contribution in [0.1, 0.15) is 22.6 Å². The van der Waals surface area contributed by atoms with Crippen LogP contribution in [0.4, 0.5) is 4.39 Å². The third kappa shape index (κ3) is 3.31. The molecule has 0 aliphatic heterocycles. The number of hydrogen-bond acceptors (Lipinski definition) is 4. The van der Waals surface area contributed by atoms with Crippen molar-refractivity contribution in [2.75, 3.05) is 0 Å². The minimum Gasteiger partial charge on any atom is -0.481 e. The second kappa shape index (κ2) is 6.88. The molecule has 1 heterocycles. The predicted octanol–water partition coefficient (Wildman–Crippen LogP) is 4.56. The van der Waals surface area contributed by atoms with Gasteiger partial charge < -0.3 is 14.6 Å². The maximum Gasteiger partial charge on any atom is 0.307 e. The van der Waals surface area contributed by atoms with Crippen molar-refractivity contribution in [3.8, 4) is 17.4 Å². The van der Waals surface area contributed by atoms with Gasteiger partial charge in [-0.1, -0.05) is 18.2 Å². The van der Waals surface area contributed by atoms with Crippen LogP contribution in [0, 0.1) is 17.7 Å². The molecule has 2 aromatic carbocycles. The number of hydrogen-bond donors (Lipinski definition) is 1. The zero-order chi connectivity index (χ0) is 20.0. The number of ether oxygens (including phenoxy) is 2. The van der Waals surface area contributed by atoms with Crippen LogP contribution in [0.5, 0.6) is 17.4 Å². The number of benzene rings is 2. The highest BCUT2D eigenvalue weighted by molar-refractivity contribution is 5.77. The molecule has 146 valence electrons. The van der Waals surface area contributed by atoms with E-state index in [1.165, 1.54) is 6.07 Å². The van der Waals surface area contributed by atoms with Crippen LogP contribution < -0.4 is 9.47 Å². The van der Waals surface area contributed by atoms with E-state index in [4.69, 9.17) is 9.47 Å². The Morgan fingerprint density at radius 1 is 1.14 bits per heavy atom. The molecule has 5 rings (SSSR count). The Bertz CT molecular complexity index is 1090. The lowest BCUT2D eigenvalue weighted by molar-refractivity contribution is -0.139. The summed E-state index contributed by atoms with van der Waals surface area (Å²) in [7, 11) is 0. The van der Waals surface area contributed by atoms with Crippen molar-refractivity contribution in [3.05, 3.63) is 83.3 Å². The zero-order valence-electron chi connectivity index (χ0n) is 15.4. The van der Waals surface area contributed by atoms with Gasteiger partial charge in [-0.3, -0.25) is 4.79 Å². The predicted molar refractivity (Wildman–Crippen MR) is 103 cm³/mol. The first-order valence-electron chi connectivity index (χ1n) is 9.46. The summed E-state index contributed by atoms with van der Waals surface area (Å²) in [5.41, 5.74) is 2.44. The van der Waals surface area contributed by atoms with E-state index >= 15 is 0 Å². The average Bonchev–Trinajstić information content (AvgIpc) is 3.32. The smallest absolute Gasteiger partial charge is 0.307 e. The molecule has 0 saturated heterocycles. The SMILES string of the molecule is O=C(O)C1C2Cc3cc(OCc4cc(Oc5ccccc5)ccc4F)ncc3C21. The molecule has 0 radical (unpaired) electrons. The van der Waals surface area contributed by atoms with Crippen molar-refractivity contribution < 1.29 is 23.8 Å². The molecule has 2 aliphatic carbocycles. The van der Waals surface area contributed by atoms with Crippen molar-refractivity contribution in [1.82, 2.24) is 4.98 Å². The molecule has 0 amide bonds. The standard InChI is InChI=1S/C23H18FNO4/c24-19-7-6-16(29-15-4-2-1-3-5-15)8-14(19)12-28-20-10-13-9-17-21(18(13)11-25-20)22(17)23(26)27/h1-8,10-11,17,21-22H,9,12H2,(H,26,27). The van der Waals surface area contributed by atoms with Crippen LogP contribution in [0.3, 0.4) is 0 Å². The number of halogens is 1. The van der Waals surface area contributed by atoms with Gasteiger partial charge in [0.2, 0.25) is 5.88 Å². The fourth-order valence-electron chi connectivity index (χ4n) is 4.19. The first-order valence-corrected chi connectivity index (χ1v) is 9.46. The fourth-order valence-corrected chi connectivity index (χ4v) is 4.19. The van der Waals surface area contributed by atoms with Gasteiger partial charge in [-0.25, -0.2) is 9.37 Å². The van der Waals surface area contributed by atoms with E-state index in [-0.39, 0.29) is 30.2 Å². The summed E-state index contributed by atoms with van der Waals surface area (Å²) in [6, 6.07) is 15.7. The largest absolute Gasteiger partial charge is 0.481 e. The summed E-state index contributed by atoms with van der Waals surface area (Å²) in [6.07, 6.45) is 2.42. The number of nitrogens with zero attached hydrogens (tertiary/aromatic N) is 1. The van der Waals surface area contributed by atoms with Gasteiger partial charge >= 0.3 is 5.97 Å². The van der Waals surface area contributed by atoms with Gasteiger partial charge in [0.05, 0.1) is 5.92 Å². The Morgan fingerprint density at radius 3 is 2.76 bits per heavy atom. The molecule has 1 saturated carbocycles. The highest BCUT2D eigenvalue weighted by Crippen LogP contribution is 2.61. The third-order valence-corrected chi connectivity index (χ3v) is 5.64. The van der Waals surface area contributed by atoms with E-state index in [1.807, 2.05) is 36.4 Å². The molecular formula is C23H18FNO4. The second-order valence-electron chi connectivity index (χ2n) is 7.44. The van der Waals surface area contributed by atoms with Gasteiger partial charge in [-0.05, 0) is 53.8 Å². The number of carbonyl (C=O) groups is 1. The molecule has 6 heteroatoms. The maximum atomic E-state index is 14.2. The minimum absolute atomic E-state index is 0.0220. The number of rotatable bonds is 6. The first-order chi connectivity index (χ1) is 14.1. The van der Waals surface area contributed by atoms with Gasteiger partial charge in [-0.2, -0.15) is 0 Å². The minimum atomic E-state index is -0.737. The molecule has 0 spiro atoms. The van der Waals surface area contributed by atoms with Crippen LogP contribution in [0.15, 0.2) is 60.8 Å². The third-order valence-electron chi connectivity index (χ3n) is 5.64. The van der Waals surface area contributed by atoms with Crippen LogP contribution in [0.2, 0.25) is 0 Å². The van der Waals surface area contributed by atoms with Crippen molar-refractivity contribution in [1.29, 1.82) is 0 Å². The first kappa shape index (κ1) is 17.7. The molecule has 1 aromatic heterocycles. The van der Waals surface area contributed by atoms with E-state index < -0.39 is 5.97 Å². The molecule has 0 bridgehead atoms. The Kier molecular flexibility index (Phi) is 4.19. The quantitative estimate of drug-likeness (QED) is 0.667.